The molecule has 2 rings (SSSR count). The average molecular weight is 274 g/mol. The highest BCUT2D eigenvalue weighted by Crippen LogP contribution is 2.28. The van der Waals surface area contributed by atoms with Crippen LogP contribution in [0.4, 0.5) is 5.69 Å². The maximum absolute atomic E-state index is 11.4. The van der Waals surface area contributed by atoms with Crippen molar-refractivity contribution in [1.29, 1.82) is 0 Å². The van der Waals surface area contributed by atoms with E-state index in [1.807, 2.05) is 26.8 Å². The normalized spacial score (nSPS) is 10.6. The minimum Gasteiger partial charge on any atom is -0.478 e. The van der Waals surface area contributed by atoms with Crippen LogP contribution in [-0.2, 0) is 7.05 Å². The molecule has 0 aromatic carbocycles. The first-order valence-corrected chi connectivity index (χ1v) is 6.34. The van der Waals surface area contributed by atoms with Gasteiger partial charge < -0.3 is 10.4 Å². The quantitative estimate of drug-likeness (QED) is 0.836. The van der Waals surface area contributed by atoms with Gasteiger partial charge in [0.25, 0.3) is 0 Å². The Morgan fingerprint density at radius 3 is 2.80 bits per heavy atom. The highest BCUT2D eigenvalue weighted by molar-refractivity contribution is 6.04. The number of allylic oxidation sites excluding steroid dienone is 1. The summed E-state index contributed by atoms with van der Waals surface area (Å²) in [5.74, 6) is -0.998. The number of anilines is 1. The van der Waals surface area contributed by atoms with Crippen molar-refractivity contribution in [3.8, 4) is 0 Å². The number of nitrogens with zero attached hydrogens (tertiary/aromatic N) is 3. The van der Waals surface area contributed by atoms with Gasteiger partial charge in [0.15, 0.2) is 5.65 Å². The summed E-state index contributed by atoms with van der Waals surface area (Å²) in [6.07, 6.45) is 3.38. The molecule has 0 atom stereocenters. The van der Waals surface area contributed by atoms with Crippen LogP contribution in [0.2, 0.25) is 0 Å². The molecular weight excluding hydrogens is 256 g/mol. The van der Waals surface area contributed by atoms with Crippen molar-refractivity contribution in [2.24, 2.45) is 7.05 Å². The number of rotatable bonds is 4. The molecule has 0 radical (unpaired) electrons. The zero-order valence-corrected chi connectivity index (χ0v) is 12.1. The summed E-state index contributed by atoms with van der Waals surface area (Å²) < 4.78 is 1.66. The summed E-state index contributed by atoms with van der Waals surface area (Å²) in [5, 5.41) is 17.5. The molecule has 0 bridgehead atoms. The number of carbonyl (C=O) groups is 1. The van der Waals surface area contributed by atoms with E-state index in [1.54, 1.807) is 11.7 Å². The molecule has 0 fully saturated rings. The molecule has 0 saturated heterocycles. The Hall–Kier alpha value is -2.37. The summed E-state index contributed by atoms with van der Waals surface area (Å²) in [5.41, 5.74) is 3.34. The first kappa shape index (κ1) is 14.0. The SMILES string of the molecule is CC(C)=CCNc1c(C(=O)O)cnc2c1c(C)nn2C. The fourth-order valence-corrected chi connectivity index (χ4v) is 2.11. The number of carboxylic acid groups (broad SMARTS) is 1. The number of aromatic carboxylic acids is 1. The molecule has 0 spiro atoms. The van der Waals surface area contributed by atoms with Gasteiger partial charge in [0.05, 0.1) is 16.8 Å². The third-order valence-electron chi connectivity index (χ3n) is 3.05. The van der Waals surface area contributed by atoms with Crippen LogP contribution < -0.4 is 5.32 Å². The van der Waals surface area contributed by atoms with Crippen LogP contribution in [-0.4, -0.2) is 32.4 Å². The summed E-state index contributed by atoms with van der Waals surface area (Å²) >= 11 is 0. The van der Waals surface area contributed by atoms with Crippen LogP contribution in [0.25, 0.3) is 11.0 Å². The van der Waals surface area contributed by atoms with Gasteiger partial charge in [-0.25, -0.2) is 9.78 Å². The summed E-state index contributed by atoms with van der Waals surface area (Å²) in [6, 6.07) is 0. The Balaban J connectivity index is 2.59. The largest absolute Gasteiger partial charge is 0.478 e. The topological polar surface area (TPSA) is 80.0 Å². The summed E-state index contributed by atoms with van der Waals surface area (Å²) in [4.78, 5) is 15.5. The predicted octanol–water partition coefficient (Wildman–Crippen LogP) is 2.35. The first-order chi connectivity index (χ1) is 9.41. The molecular formula is C14H18N4O2. The lowest BCUT2D eigenvalue weighted by molar-refractivity contribution is 0.0697. The lowest BCUT2D eigenvalue weighted by Crippen LogP contribution is -2.08. The molecule has 0 saturated carbocycles. The van der Waals surface area contributed by atoms with Gasteiger partial charge in [0.1, 0.15) is 5.56 Å². The Kier molecular flexibility index (Phi) is 3.74. The number of hydrogen-bond donors (Lipinski definition) is 2. The van der Waals surface area contributed by atoms with Crippen LogP contribution in [0.3, 0.4) is 0 Å². The minimum absolute atomic E-state index is 0.163. The number of nitrogens with one attached hydrogen (secondary N) is 1. The molecule has 106 valence electrons. The standard InChI is InChI=1S/C14H18N4O2/c1-8(2)5-6-15-12-10(14(19)20)7-16-13-11(12)9(3)17-18(13)4/h5,7H,6H2,1-4H3,(H,15,16)(H,19,20). The average Bonchev–Trinajstić information content (AvgIpc) is 2.64. The second kappa shape index (κ2) is 5.32. The van der Waals surface area contributed by atoms with E-state index < -0.39 is 5.97 Å². The monoisotopic (exact) mass is 274 g/mol. The highest BCUT2D eigenvalue weighted by Gasteiger charge is 2.18. The number of carboxylic acids is 1. The molecule has 2 heterocycles. The first-order valence-electron chi connectivity index (χ1n) is 6.34. The highest BCUT2D eigenvalue weighted by atomic mass is 16.4. The summed E-state index contributed by atoms with van der Waals surface area (Å²) in [6.45, 7) is 6.41. The van der Waals surface area contributed by atoms with E-state index in [4.69, 9.17) is 0 Å². The Bertz CT molecular complexity index is 697. The van der Waals surface area contributed by atoms with Crippen LogP contribution in [0.1, 0.15) is 29.9 Å². The van der Waals surface area contributed by atoms with Crippen molar-refractivity contribution in [3.63, 3.8) is 0 Å². The molecule has 0 aliphatic heterocycles. The van der Waals surface area contributed by atoms with Gasteiger partial charge in [-0.05, 0) is 20.8 Å². The number of aromatic nitrogens is 3. The van der Waals surface area contributed by atoms with E-state index >= 15 is 0 Å². The third kappa shape index (κ3) is 2.49. The van der Waals surface area contributed by atoms with E-state index in [1.165, 1.54) is 11.8 Å². The van der Waals surface area contributed by atoms with Crippen LogP contribution >= 0.6 is 0 Å². The molecule has 2 aromatic rings. The minimum atomic E-state index is -0.998. The molecule has 0 amide bonds. The fourth-order valence-electron chi connectivity index (χ4n) is 2.11. The van der Waals surface area contributed by atoms with Gasteiger partial charge in [-0.3, -0.25) is 4.68 Å². The van der Waals surface area contributed by atoms with Gasteiger partial charge in [-0.2, -0.15) is 5.10 Å². The Morgan fingerprint density at radius 2 is 2.20 bits per heavy atom. The number of aryl methyl sites for hydroxylation is 2. The summed E-state index contributed by atoms with van der Waals surface area (Å²) in [7, 11) is 1.79. The molecule has 6 heteroatoms. The zero-order chi connectivity index (χ0) is 14.9. The van der Waals surface area contributed by atoms with Gasteiger partial charge in [0, 0.05) is 19.8 Å². The zero-order valence-electron chi connectivity index (χ0n) is 12.1. The molecule has 2 aromatic heterocycles. The Labute approximate surface area is 117 Å². The van der Waals surface area contributed by atoms with E-state index in [2.05, 4.69) is 15.4 Å². The van der Waals surface area contributed by atoms with Gasteiger partial charge in [0.2, 0.25) is 0 Å². The molecule has 0 unspecified atom stereocenters. The van der Waals surface area contributed by atoms with Gasteiger partial charge >= 0.3 is 5.97 Å². The lowest BCUT2D eigenvalue weighted by Gasteiger charge is -2.09. The van der Waals surface area contributed by atoms with E-state index in [0.717, 1.165) is 11.1 Å². The van der Waals surface area contributed by atoms with Gasteiger partial charge in [-0.15, -0.1) is 0 Å². The second-order valence-electron chi connectivity index (χ2n) is 4.92. The van der Waals surface area contributed by atoms with Crippen molar-refractivity contribution < 1.29 is 9.90 Å². The number of fused-ring (bicyclic) bond motifs is 1. The van der Waals surface area contributed by atoms with Crippen LogP contribution in [0.15, 0.2) is 17.8 Å². The van der Waals surface area contributed by atoms with E-state index in [9.17, 15) is 9.90 Å². The molecule has 2 N–H and O–H groups in total. The van der Waals surface area contributed by atoms with Crippen molar-refractivity contribution in [2.45, 2.75) is 20.8 Å². The van der Waals surface area contributed by atoms with Crippen LogP contribution in [0.5, 0.6) is 0 Å². The van der Waals surface area contributed by atoms with Crippen molar-refractivity contribution >= 4 is 22.7 Å². The second-order valence-corrected chi connectivity index (χ2v) is 4.92. The maximum atomic E-state index is 11.4. The molecule has 0 aliphatic rings. The number of pyridine rings is 1. The van der Waals surface area contributed by atoms with Crippen molar-refractivity contribution in [3.05, 3.63) is 29.1 Å². The van der Waals surface area contributed by atoms with E-state index in [-0.39, 0.29) is 5.56 Å². The van der Waals surface area contributed by atoms with Crippen molar-refractivity contribution in [2.75, 3.05) is 11.9 Å². The molecule has 0 aliphatic carbocycles. The molecule has 20 heavy (non-hydrogen) atoms. The number of hydrogen-bond acceptors (Lipinski definition) is 4. The van der Waals surface area contributed by atoms with E-state index in [0.29, 0.717) is 17.9 Å². The maximum Gasteiger partial charge on any atom is 0.339 e. The van der Waals surface area contributed by atoms with Gasteiger partial charge in [-0.1, -0.05) is 11.6 Å². The lowest BCUT2D eigenvalue weighted by atomic mass is 10.1. The molecule has 6 nitrogen and oxygen atoms in total. The predicted molar refractivity (Wildman–Crippen MR) is 78.1 cm³/mol. The van der Waals surface area contributed by atoms with Crippen LogP contribution in [0, 0.1) is 6.92 Å². The smallest absolute Gasteiger partial charge is 0.339 e. The third-order valence-corrected chi connectivity index (χ3v) is 3.05. The van der Waals surface area contributed by atoms with Crippen molar-refractivity contribution in [1.82, 2.24) is 14.8 Å². The fraction of sp³-hybridized carbons (Fsp3) is 0.357. The Morgan fingerprint density at radius 1 is 1.50 bits per heavy atom.